The molecule has 8 heteroatoms. The van der Waals surface area contributed by atoms with Gasteiger partial charge >= 0.3 is 6.18 Å². The van der Waals surface area contributed by atoms with Crippen LogP contribution in [-0.2, 0) is 0 Å². The van der Waals surface area contributed by atoms with Gasteiger partial charge in [-0.15, -0.1) is 0 Å². The zero-order valence-electron chi connectivity index (χ0n) is 10.7. The van der Waals surface area contributed by atoms with E-state index in [9.17, 15) is 18.0 Å². The Bertz CT molecular complexity index is 492. The molecule has 0 saturated carbocycles. The Morgan fingerprint density at radius 1 is 1.55 bits per heavy atom. The first-order valence-electron chi connectivity index (χ1n) is 6.14. The molecule has 1 aliphatic rings. The lowest BCUT2D eigenvalue weighted by atomic mass is 10.2. The van der Waals surface area contributed by atoms with Gasteiger partial charge in [-0.05, 0) is 12.5 Å². The number of halogens is 3. The fourth-order valence-electron chi connectivity index (χ4n) is 2.28. The minimum atomic E-state index is -4.19. The van der Waals surface area contributed by atoms with Gasteiger partial charge < -0.3 is 11.1 Å². The second kappa shape index (κ2) is 5.66. The van der Waals surface area contributed by atoms with Crippen molar-refractivity contribution in [1.82, 2.24) is 9.88 Å². The highest BCUT2D eigenvalue weighted by atomic mass is 19.4. The first kappa shape index (κ1) is 14.6. The molecule has 20 heavy (non-hydrogen) atoms. The van der Waals surface area contributed by atoms with E-state index in [0.717, 1.165) is 0 Å². The van der Waals surface area contributed by atoms with Gasteiger partial charge in [-0.1, -0.05) is 0 Å². The lowest BCUT2D eigenvalue weighted by Gasteiger charge is -2.19. The van der Waals surface area contributed by atoms with Crippen LogP contribution in [-0.4, -0.2) is 47.6 Å². The normalized spacial score (nSPS) is 20.1. The van der Waals surface area contributed by atoms with E-state index < -0.39 is 18.6 Å². The van der Waals surface area contributed by atoms with Gasteiger partial charge in [0.1, 0.15) is 0 Å². The van der Waals surface area contributed by atoms with Crippen molar-refractivity contribution < 1.29 is 18.0 Å². The summed E-state index contributed by atoms with van der Waals surface area (Å²) in [5, 5.41) is 3.06. The summed E-state index contributed by atoms with van der Waals surface area (Å²) in [5.41, 5.74) is 5.96. The van der Waals surface area contributed by atoms with Crippen molar-refractivity contribution >= 4 is 11.6 Å². The van der Waals surface area contributed by atoms with Crippen molar-refractivity contribution in [1.29, 1.82) is 0 Å². The Balaban J connectivity index is 1.97. The number of pyridine rings is 1. The zero-order valence-corrected chi connectivity index (χ0v) is 10.7. The number of nitrogens with zero attached hydrogens (tertiary/aromatic N) is 2. The van der Waals surface area contributed by atoms with E-state index in [1.807, 2.05) is 0 Å². The van der Waals surface area contributed by atoms with E-state index in [4.69, 9.17) is 5.73 Å². The number of nitrogens with two attached hydrogens (primary N) is 1. The summed E-state index contributed by atoms with van der Waals surface area (Å²) in [6.45, 7) is -0.265. The Labute approximate surface area is 114 Å². The number of primary amides is 1. The Hall–Kier alpha value is -1.83. The maximum Gasteiger partial charge on any atom is 0.401 e. The van der Waals surface area contributed by atoms with Crippen LogP contribution in [0.2, 0.25) is 0 Å². The summed E-state index contributed by atoms with van der Waals surface area (Å²) in [7, 11) is 0. The van der Waals surface area contributed by atoms with Crippen LogP contribution in [0, 0.1) is 0 Å². The number of carbonyl (C=O) groups is 1. The molecule has 0 radical (unpaired) electrons. The molecule has 0 aromatic carbocycles. The Morgan fingerprint density at radius 3 is 2.95 bits per heavy atom. The summed E-state index contributed by atoms with van der Waals surface area (Å²) in [6.07, 6.45) is -0.773. The molecular formula is C12H15F3N4O. The van der Waals surface area contributed by atoms with E-state index in [2.05, 4.69) is 10.3 Å². The van der Waals surface area contributed by atoms with Crippen LogP contribution in [0.5, 0.6) is 0 Å². The molecule has 1 aliphatic heterocycles. The van der Waals surface area contributed by atoms with Crippen molar-refractivity contribution in [2.75, 3.05) is 25.0 Å². The third-order valence-electron chi connectivity index (χ3n) is 3.12. The number of anilines is 1. The number of likely N-dealkylation sites (tertiary alicyclic amines) is 1. The lowest BCUT2D eigenvalue weighted by Crippen LogP contribution is -2.34. The number of amides is 1. The molecule has 0 aliphatic carbocycles. The number of hydrogen-bond acceptors (Lipinski definition) is 4. The first-order valence-corrected chi connectivity index (χ1v) is 6.14. The van der Waals surface area contributed by atoms with Crippen LogP contribution in [0.25, 0.3) is 0 Å². The van der Waals surface area contributed by atoms with Gasteiger partial charge in [0.2, 0.25) is 0 Å². The number of aromatic nitrogens is 1. The number of rotatable bonds is 4. The molecule has 2 rings (SSSR count). The van der Waals surface area contributed by atoms with Crippen LogP contribution in [0.1, 0.15) is 16.8 Å². The van der Waals surface area contributed by atoms with Gasteiger partial charge in [0.05, 0.1) is 17.8 Å². The molecule has 2 heterocycles. The number of carbonyl (C=O) groups excluding carboxylic acids is 1. The predicted octanol–water partition coefficient (Wildman–Crippen LogP) is 1.23. The van der Waals surface area contributed by atoms with E-state index in [0.29, 0.717) is 18.7 Å². The highest BCUT2D eigenvalue weighted by Gasteiger charge is 2.34. The molecule has 1 fully saturated rings. The van der Waals surface area contributed by atoms with Crippen LogP contribution >= 0.6 is 0 Å². The highest BCUT2D eigenvalue weighted by Crippen LogP contribution is 2.22. The maximum atomic E-state index is 12.3. The Kier molecular flexibility index (Phi) is 4.12. The van der Waals surface area contributed by atoms with Crippen LogP contribution < -0.4 is 11.1 Å². The molecule has 1 atom stereocenters. The highest BCUT2D eigenvalue weighted by molar-refractivity contribution is 5.98. The molecule has 1 amide bonds. The standard InChI is InChI=1S/C12H15F3N4O/c13-12(14,15)7-19-4-2-8(6-19)18-10-1-3-17-5-9(10)11(16)20/h1,3,5,8H,2,4,6-7H2,(H2,16,20)(H,17,18). The topological polar surface area (TPSA) is 71.2 Å². The van der Waals surface area contributed by atoms with Gasteiger partial charge in [-0.25, -0.2) is 0 Å². The minimum Gasteiger partial charge on any atom is -0.380 e. The predicted molar refractivity (Wildman–Crippen MR) is 67.3 cm³/mol. The SMILES string of the molecule is NC(=O)c1cnccc1NC1CCN(CC(F)(F)F)C1. The van der Waals surface area contributed by atoms with E-state index >= 15 is 0 Å². The minimum absolute atomic E-state index is 0.141. The van der Waals surface area contributed by atoms with E-state index in [1.165, 1.54) is 17.3 Å². The average Bonchev–Trinajstić information content (AvgIpc) is 2.74. The molecule has 0 spiro atoms. The molecule has 1 aromatic rings. The van der Waals surface area contributed by atoms with Gasteiger partial charge in [-0.2, -0.15) is 13.2 Å². The quantitative estimate of drug-likeness (QED) is 0.874. The van der Waals surface area contributed by atoms with Crippen molar-refractivity contribution in [3.63, 3.8) is 0 Å². The van der Waals surface area contributed by atoms with Crippen molar-refractivity contribution in [3.8, 4) is 0 Å². The smallest absolute Gasteiger partial charge is 0.380 e. The molecule has 110 valence electrons. The third kappa shape index (κ3) is 3.83. The number of hydrogen-bond donors (Lipinski definition) is 2. The first-order chi connectivity index (χ1) is 9.35. The fourth-order valence-corrected chi connectivity index (χ4v) is 2.28. The van der Waals surface area contributed by atoms with Crippen molar-refractivity contribution in [2.24, 2.45) is 5.73 Å². The molecule has 1 unspecified atom stereocenters. The summed E-state index contributed by atoms with van der Waals surface area (Å²) in [6, 6.07) is 1.45. The maximum absolute atomic E-state index is 12.3. The van der Waals surface area contributed by atoms with Crippen LogP contribution in [0.3, 0.4) is 0 Å². The van der Waals surface area contributed by atoms with E-state index in [-0.39, 0.29) is 18.2 Å². The molecule has 1 aromatic heterocycles. The van der Waals surface area contributed by atoms with Gasteiger partial charge in [0, 0.05) is 31.5 Å². The summed E-state index contributed by atoms with van der Waals surface area (Å²) in [5.74, 6) is -0.620. The van der Waals surface area contributed by atoms with Gasteiger partial charge in [-0.3, -0.25) is 14.7 Å². The number of alkyl halides is 3. The van der Waals surface area contributed by atoms with Crippen LogP contribution in [0.15, 0.2) is 18.5 Å². The molecule has 1 saturated heterocycles. The van der Waals surface area contributed by atoms with Crippen LogP contribution in [0.4, 0.5) is 18.9 Å². The molecular weight excluding hydrogens is 273 g/mol. The lowest BCUT2D eigenvalue weighted by molar-refractivity contribution is -0.143. The zero-order chi connectivity index (χ0) is 14.8. The molecule has 5 nitrogen and oxygen atoms in total. The average molecular weight is 288 g/mol. The molecule has 3 N–H and O–H groups in total. The second-order valence-electron chi connectivity index (χ2n) is 4.77. The Morgan fingerprint density at radius 2 is 2.30 bits per heavy atom. The monoisotopic (exact) mass is 288 g/mol. The van der Waals surface area contributed by atoms with E-state index in [1.54, 1.807) is 6.07 Å². The molecule has 0 bridgehead atoms. The summed E-state index contributed by atoms with van der Waals surface area (Å²) < 4.78 is 36.9. The fraction of sp³-hybridized carbons (Fsp3) is 0.500. The second-order valence-corrected chi connectivity index (χ2v) is 4.77. The van der Waals surface area contributed by atoms with Crippen molar-refractivity contribution in [2.45, 2.75) is 18.6 Å². The third-order valence-corrected chi connectivity index (χ3v) is 3.12. The van der Waals surface area contributed by atoms with Crippen molar-refractivity contribution in [3.05, 3.63) is 24.0 Å². The largest absolute Gasteiger partial charge is 0.401 e. The number of nitrogens with one attached hydrogen (secondary N) is 1. The summed E-state index contributed by atoms with van der Waals surface area (Å²) in [4.78, 5) is 16.4. The van der Waals surface area contributed by atoms with Gasteiger partial charge in [0.15, 0.2) is 0 Å². The van der Waals surface area contributed by atoms with Gasteiger partial charge in [0.25, 0.3) is 5.91 Å². The summed E-state index contributed by atoms with van der Waals surface area (Å²) >= 11 is 0.